The van der Waals surface area contributed by atoms with Crippen LogP contribution in [-0.2, 0) is 7.05 Å². The Morgan fingerprint density at radius 3 is 2.73 bits per heavy atom. The maximum atomic E-state index is 4.92. The first-order chi connectivity index (χ1) is 10.8. The Morgan fingerprint density at radius 2 is 2.05 bits per heavy atom. The van der Waals surface area contributed by atoms with E-state index in [0.29, 0.717) is 12.0 Å². The predicted octanol–water partition coefficient (Wildman–Crippen LogP) is 3.55. The van der Waals surface area contributed by atoms with Crippen LogP contribution < -0.4 is 4.90 Å². The fraction of sp³-hybridized carbons (Fsp3) is 0.500. The van der Waals surface area contributed by atoms with E-state index >= 15 is 0 Å². The average molecular weight is 313 g/mol. The third kappa shape index (κ3) is 2.08. The lowest BCUT2D eigenvalue weighted by molar-refractivity contribution is 0.630. The molecule has 2 aromatic heterocycles. The number of aryl methyl sites for hydroxylation is 1. The molecule has 0 N–H and O–H groups in total. The summed E-state index contributed by atoms with van der Waals surface area (Å²) in [5.74, 6) is 0.670. The highest BCUT2D eigenvalue weighted by Gasteiger charge is 2.36. The van der Waals surface area contributed by atoms with E-state index < -0.39 is 0 Å². The molecule has 22 heavy (non-hydrogen) atoms. The zero-order valence-corrected chi connectivity index (χ0v) is 13.4. The summed E-state index contributed by atoms with van der Waals surface area (Å²) in [5, 5.41) is 11.7. The zero-order chi connectivity index (χ0) is 14.7. The van der Waals surface area contributed by atoms with E-state index in [1.165, 1.54) is 42.6 Å². The Hall–Kier alpha value is -1.69. The maximum absolute atomic E-state index is 4.92. The van der Waals surface area contributed by atoms with Gasteiger partial charge < -0.3 is 4.90 Å². The number of thioether (sulfide) groups is 1. The number of hydrogen-bond acceptors (Lipinski definition) is 4. The molecule has 114 valence electrons. The van der Waals surface area contributed by atoms with Gasteiger partial charge in [0.2, 0.25) is 0 Å². The number of rotatable bonds is 4. The third-order valence-electron chi connectivity index (χ3n) is 4.59. The fourth-order valence-electron chi connectivity index (χ4n) is 3.10. The maximum Gasteiger partial charge on any atom is 0.112 e. The highest BCUT2D eigenvalue weighted by molar-refractivity contribution is 8.02. The molecule has 0 amide bonds. The largest absolute Gasteiger partial charge is 0.328 e. The van der Waals surface area contributed by atoms with Gasteiger partial charge in [-0.15, -0.1) is 11.8 Å². The molecule has 3 heterocycles. The van der Waals surface area contributed by atoms with Crippen LogP contribution in [0.3, 0.4) is 0 Å². The van der Waals surface area contributed by atoms with Crippen molar-refractivity contribution in [3.05, 3.63) is 41.5 Å². The lowest BCUT2D eigenvalue weighted by Gasteiger charge is -2.23. The predicted molar refractivity (Wildman–Crippen MR) is 87.6 cm³/mol. The second-order valence-electron chi connectivity index (χ2n) is 6.51. The second-order valence-corrected chi connectivity index (χ2v) is 7.50. The summed E-state index contributed by atoms with van der Waals surface area (Å²) < 4.78 is 4.09. The van der Waals surface area contributed by atoms with Gasteiger partial charge in [-0.3, -0.25) is 9.36 Å². The van der Waals surface area contributed by atoms with Crippen molar-refractivity contribution in [1.29, 1.82) is 0 Å². The molecule has 0 radical (unpaired) electrons. The number of hydrogen-bond donors (Lipinski definition) is 0. The van der Waals surface area contributed by atoms with Crippen LogP contribution in [0.25, 0.3) is 0 Å². The van der Waals surface area contributed by atoms with E-state index in [0.717, 1.165) is 0 Å². The van der Waals surface area contributed by atoms with Crippen molar-refractivity contribution in [3.8, 4) is 0 Å². The molecule has 0 aromatic carbocycles. The molecular weight excluding hydrogens is 294 g/mol. The molecule has 6 heteroatoms. The fourth-order valence-corrected chi connectivity index (χ4v) is 4.04. The van der Waals surface area contributed by atoms with Gasteiger partial charge in [-0.05, 0) is 31.1 Å². The lowest BCUT2D eigenvalue weighted by Crippen LogP contribution is -2.17. The highest BCUT2D eigenvalue weighted by Crippen LogP contribution is 2.49. The Balaban J connectivity index is 1.53. The molecule has 5 rings (SSSR count). The molecule has 0 saturated heterocycles. The van der Waals surface area contributed by atoms with Gasteiger partial charge >= 0.3 is 0 Å². The summed E-state index contributed by atoms with van der Waals surface area (Å²) in [6.07, 6.45) is 13.7. The molecule has 2 aromatic rings. The van der Waals surface area contributed by atoms with Crippen LogP contribution >= 0.6 is 11.8 Å². The van der Waals surface area contributed by atoms with Gasteiger partial charge in [-0.25, -0.2) is 0 Å². The zero-order valence-electron chi connectivity index (χ0n) is 12.6. The first kappa shape index (κ1) is 12.8. The van der Waals surface area contributed by atoms with Crippen molar-refractivity contribution in [2.75, 3.05) is 4.90 Å². The van der Waals surface area contributed by atoms with Crippen LogP contribution in [-0.4, -0.2) is 19.6 Å². The Kier molecular flexibility index (Phi) is 2.71. The molecule has 0 spiro atoms. The van der Waals surface area contributed by atoms with Gasteiger partial charge in [0.05, 0.1) is 23.6 Å². The van der Waals surface area contributed by atoms with Gasteiger partial charge in [-0.1, -0.05) is 0 Å². The number of nitrogens with zero attached hydrogens (tertiary/aromatic N) is 5. The minimum Gasteiger partial charge on any atom is -0.328 e. The van der Waals surface area contributed by atoms with Crippen LogP contribution in [0.5, 0.6) is 0 Å². The van der Waals surface area contributed by atoms with Crippen LogP contribution in [0.2, 0.25) is 0 Å². The van der Waals surface area contributed by atoms with Gasteiger partial charge in [0.15, 0.2) is 0 Å². The van der Waals surface area contributed by atoms with Gasteiger partial charge in [0.25, 0.3) is 0 Å². The van der Waals surface area contributed by atoms with Crippen molar-refractivity contribution in [2.24, 2.45) is 7.05 Å². The molecule has 3 aliphatic rings. The molecule has 5 nitrogen and oxygen atoms in total. The van der Waals surface area contributed by atoms with Crippen molar-refractivity contribution in [2.45, 2.75) is 43.0 Å². The van der Waals surface area contributed by atoms with Gasteiger partial charge in [-0.2, -0.15) is 10.2 Å². The van der Waals surface area contributed by atoms with E-state index in [-0.39, 0.29) is 5.37 Å². The molecule has 2 fully saturated rings. The molecule has 1 aliphatic heterocycles. The standard InChI is InChI=1S/C16H19N5S/c1-19-9-12(8-17-19)16-20(6-7-22-16)14-10-21(13-4-5-13)18-15(14)11-2-3-11/h6-11,13,16H,2-5H2,1H3. The van der Waals surface area contributed by atoms with Crippen LogP contribution in [0.1, 0.15) is 54.3 Å². The topological polar surface area (TPSA) is 38.9 Å². The second kappa shape index (κ2) is 4.65. The molecular formula is C16H19N5S. The van der Waals surface area contributed by atoms with Crippen molar-refractivity contribution in [3.63, 3.8) is 0 Å². The van der Waals surface area contributed by atoms with E-state index in [2.05, 4.69) is 38.7 Å². The number of aromatic nitrogens is 4. The summed E-state index contributed by atoms with van der Waals surface area (Å²) in [6, 6.07) is 0.641. The molecule has 1 atom stereocenters. The van der Waals surface area contributed by atoms with Gasteiger partial charge in [0, 0.05) is 37.1 Å². The average Bonchev–Trinajstić information content (AvgIpc) is 3.41. The first-order valence-electron chi connectivity index (χ1n) is 7.97. The third-order valence-corrected chi connectivity index (χ3v) is 5.63. The summed E-state index contributed by atoms with van der Waals surface area (Å²) in [6.45, 7) is 0. The first-order valence-corrected chi connectivity index (χ1v) is 8.92. The SMILES string of the molecule is Cn1cc(C2SC=CN2c2cn(C3CC3)nc2C2CC2)cn1. The van der Waals surface area contributed by atoms with Crippen LogP contribution in [0.4, 0.5) is 5.69 Å². The molecule has 1 unspecified atom stereocenters. The lowest BCUT2D eigenvalue weighted by atomic mass is 10.2. The summed E-state index contributed by atoms with van der Waals surface area (Å²) in [5.41, 5.74) is 3.84. The monoisotopic (exact) mass is 313 g/mol. The molecule has 2 saturated carbocycles. The van der Waals surface area contributed by atoms with E-state index in [9.17, 15) is 0 Å². The minimum absolute atomic E-state index is 0.281. The van der Waals surface area contributed by atoms with Gasteiger partial charge in [0.1, 0.15) is 5.37 Å². The Labute approximate surface area is 134 Å². The van der Waals surface area contributed by atoms with Crippen molar-refractivity contribution in [1.82, 2.24) is 19.6 Å². The Bertz CT molecular complexity index is 738. The normalized spacial score (nSPS) is 24.4. The van der Waals surface area contributed by atoms with E-state index in [1.54, 1.807) is 0 Å². The van der Waals surface area contributed by atoms with Crippen molar-refractivity contribution >= 4 is 17.4 Å². The minimum atomic E-state index is 0.281. The van der Waals surface area contributed by atoms with E-state index in [1.807, 2.05) is 29.7 Å². The summed E-state index contributed by atoms with van der Waals surface area (Å²) in [7, 11) is 1.97. The summed E-state index contributed by atoms with van der Waals surface area (Å²) in [4.78, 5) is 2.38. The van der Waals surface area contributed by atoms with Crippen LogP contribution in [0.15, 0.2) is 30.2 Å². The molecule has 0 bridgehead atoms. The quantitative estimate of drug-likeness (QED) is 0.865. The smallest absolute Gasteiger partial charge is 0.112 e. The van der Waals surface area contributed by atoms with Crippen LogP contribution in [0, 0.1) is 0 Å². The summed E-state index contributed by atoms with van der Waals surface area (Å²) >= 11 is 1.84. The van der Waals surface area contributed by atoms with E-state index in [4.69, 9.17) is 5.10 Å². The number of anilines is 1. The van der Waals surface area contributed by atoms with Crippen molar-refractivity contribution < 1.29 is 0 Å². The Morgan fingerprint density at radius 1 is 1.18 bits per heavy atom. The molecule has 2 aliphatic carbocycles. The highest BCUT2D eigenvalue weighted by atomic mass is 32.2.